The summed E-state index contributed by atoms with van der Waals surface area (Å²) in [5, 5.41) is 2.89. The predicted octanol–water partition coefficient (Wildman–Crippen LogP) is 3.91. The fraction of sp³-hybridized carbons (Fsp3) is 0.409. The fourth-order valence-corrected chi connectivity index (χ4v) is 2.89. The van der Waals surface area contributed by atoms with Crippen LogP contribution < -0.4 is 14.8 Å². The second-order valence-corrected chi connectivity index (χ2v) is 6.50. The van der Waals surface area contributed by atoms with E-state index in [9.17, 15) is 4.79 Å². The Morgan fingerprint density at radius 1 is 1.11 bits per heavy atom. The van der Waals surface area contributed by atoms with E-state index < -0.39 is 0 Å². The van der Waals surface area contributed by atoms with Crippen LogP contribution in [0, 0.1) is 0 Å². The minimum absolute atomic E-state index is 0.183. The molecule has 1 atom stereocenters. The van der Waals surface area contributed by atoms with Crippen molar-refractivity contribution in [1.82, 2.24) is 0 Å². The topological polar surface area (TPSA) is 66.0 Å². The molecule has 6 heteroatoms. The van der Waals surface area contributed by atoms with Gasteiger partial charge in [0.1, 0.15) is 24.7 Å². The Hall–Kier alpha value is -2.57. The molecule has 28 heavy (non-hydrogen) atoms. The summed E-state index contributed by atoms with van der Waals surface area (Å²) in [5.41, 5.74) is 1.24. The summed E-state index contributed by atoms with van der Waals surface area (Å²) in [4.78, 5) is 12.5. The van der Waals surface area contributed by atoms with Crippen LogP contribution in [0.3, 0.4) is 0 Å². The molecule has 0 aromatic heterocycles. The van der Waals surface area contributed by atoms with E-state index in [1.165, 1.54) is 0 Å². The van der Waals surface area contributed by atoms with Crippen molar-refractivity contribution in [2.24, 2.45) is 0 Å². The number of carbonyl (C=O) groups is 1. The van der Waals surface area contributed by atoms with Crippen LogP contribution in [0.4, 0.5) is 5.69 Å². The van der Waals surface area contributed by atoms with Gasteiger partial charge >= 0.3 is 0 Å². The largest absolute Gasteiger partial charge is 0.491 e. The number of nitrogens with one attached hydrogen (secondary N) is 1. The zero-order valence-corrected chi connectivity index (χ0v) is 16.2. The van der Waals surface area contributed by atoms with Gasteiger partial charge in [-0.15, -0.1) is 0 Å². The van der Waals surface area contributed by atoms with Gasteiger partial charge in [0.25, 0.3) is 5.91 Å². The third kappa shape index (κ3) is 6.25. The highest BCUT2D eigenvalue weighted by atomic mass is 16.5. The van der Waals surface area contributed by atoms with Gasteiger partial charge in [0.2, 0.25) is 0 Å². The molecule has 0 bridgehead atoms. The summed E-state index contributed by atoms with van der Waals surface area (Å²) < 4.78 is 22.1. The molecule has 1 amide bonds. The lowest BCUT2D eigenvalue weighted by atomic mass is 10.2. The van der Waals surface area contributed by atoms with Crippen molar-refractivity contribution in [3.63, 3.8) is 0 Å². The lowest BCUT2D eigenvalue weighted by Crippen LogP contribution is -2.16. The smallest absolute Gasteiger partial charge is 0.255 e. The Labute approximate surface area is 165 Å². The predicted molar refractivity (Wildman–Crippen MR) is 107 cm³/mol. The van der Waals surface area contributed by atoms with Gasteiger partial charge in [0, 0.05) is 24.5 Å². The molecule has 1 heterocycles. The number of anilines is 1. The van der Waals surface area contributed by atoms with Crippen LogP contribution in [0.15, 0.2) is 48.5 Å². The van der Waals surface area contributed by atoms with E-state index in [1.54, 1.807) is 18.2 Å². The van der Waals surface area contributed by atoms with Crippen molar-refractivity contribution in [2.75, 3.05) is 38.4 Å². The third-order valence-electron chi connectivity index (χ3n) is 4.37. The van der Waals surface area contributed by atoms with Crippen LogP contribution in [-0.4, -0.2) is 45.0 Å². The van der Waals surface area contributed by atoms with Gasteiger partial charge in [0.05, 0.1) is 12.7 Å². The molecule has 2 aromatic carbocycles. The second-order valence-electron chi connectivity index (χ2n) is 6.50. The monoisotopic (exact) mass is 385 g/mol. The Kier molecular flexibility index (Phi) is 7.70. The lowest BCUT2D eigenvalue weighted by Gasteiger charge is -2.12. The highest BCUT2D eigenvalue weighted by Gasteiger charge is 2.16. The van der Waals surface area contributed by atoms with E-state index >= 15 is 0 Å². The average molecular weight is 385 g/mol. The number of hydrogen-bond donors (Lipinski definition) is 1. The van der Waals surface area contributed by atoms with Crippen LogP contribution in [0.25, 0.3) is 0 Å². The number of ether oxygens (including phenoxy) is 4. The maximum Gasteiger partial charge on any atom is 0.255 e. The van der Waals surface area contributed by atoms with Crippen LogP contribution in [-0.2, 0) is 9.47 Å². The van der Waals surface area contributed by atoms with Crippen molar-refractivity contribution >= 4 is 11.6 Å². The lowest BCUT2D eigenvalue weighted by molar-refractivity contribution is 0.0679. The van der Waals surface area contributed by atoms with Crippen molar-refractivity contribution in [3.05, 3.63) is 54.1 Å². The second kappa shape index (κ2) is 10.7. The van der Waals surface area contributed by atoms with Gasteiger partial charge in [-0.05, 0) is 62.2 Å². The van der Waals surface area contributed by atoms with E-state index in [0.29, 0.717) is 43.4 Å². The molecule has 0 aliphatic carbocycles. The van der Waals surface area contributed by atoms with Gasteiger partial charge in [-0.25, -0.2) is 0 Å². The van der Waals surface area contributed by atoms with Crippen LogP contribution >= 0.6 is 0 Å². The molecule has 150 valence electrons. The highest BCUT2D eigenvalue weighted by Crippen LogP contribution is 2.20. The average Bonchev–Trinajstić information content (AvgIpc) is 3.25. The van der Waals surface area contributed by atoms with E-state index in [2.05, 4.69) is 5.32 Å². The summed E-state index contributed by atoms with van der Waals surface area (Å²) in [5.74, 6) is 1.21. The first kappa shape index (κ1) is 20.2. The highest BCUT2D eigenvalue weighted by molar-refractivity contribution is 6.04. The Morgan fingerprint density at radius 2 is 1.96 bits per heavy atom. The Balaban J connectivity index is 1.49. The molecule has 2 aromatic rings. The molecule has 0 spiro atoms. The molecule has 6 nitrogen and oxygen atoms in total. The zero-order chi connectivity index (χ0) is 19.6. The maximum atomic E-state index is 12.5. The first-order valence-corrected chi connectivity index (χ1v) is 9.71. The first-order valence-electron chi connectivity index (χ1n) is 9.71. The molecule has 1 aliphatic rings. The third-order valence-corrected chi connectivity index (χ3v) is 4.37. The number of carbonyl (C=O) groups excluding carboxylic acids is 1. The van der Waals surface area contributed by atoms with Crippen LogP contribution in [0.1, 0.15) is 30.1 Å². The fourth-order valence-electron chi connectivity index (χ4n) is 2.89. The quantitative estimate of drug-likeness (QED) is 0.628. The van der Waals surface area contributed by atoms with E-state index in [-0.39, 0.29) is 12.0 Å². The summed E-state index contributed by atoms with van der Waals surface area (Å²) >= 11 is 0. The summed E-state index contributed by atoms with van der Waals surface area (Å²) in [6.45, 7) is 4.94. The van der Waals surface area contributed by atoms with Gasteiger partial charge in [-0.2, -0.15) is 0 Å². The summed E-state index contributed by atoms with van der Waals surface area (Å²) in [6, 6.07) is 14.4. The molecule has 1 aliphatic heterocycles. The van der Waals surface area contributed by atoms with Gasteiger partial charge in [-0.1, -0.05) is 6.07 Å². The molecular weight excluding hydrogens is 358 g/mol. The van der Waals surface area contributed by atoms with Crippen molar-refractivity contribution in [1.29, 1.82) is 0 Å². The normalized spacial score (nSPS) is 16.0. The minimum Gasteiger partial charge on any atom is -0.491 e. The molecular formula is C22H27NO5. The standard InChI is InChI=1S/C22H27NO5/c1-2-25-13-14-27-20-6-3-5-17(15-20)22(24)23-18-8-10-19(11-9-18)28-16-21-7-4-12-26-21/h3,5-6,8-11,15,21H,2,4,7,12-14,16H2,1H3,(H,23,24). The minimum atomic E-state index is -0.191. The molecule has 0 radical (unpaired) electrons. The van der Waals surface area contributed by atoms with Crippen molar-refractivity contribution in [2.45, 2.75) is 25.9 Å². The van der Waals surface area contributed by atoms with Crippen LogP contribution in [0.2, 0.25) is 0 Å². The Morgan fingerprint density at radius 3 is 2.71 bits per heavy atom. The number of amides is 1. The zero-order valence-electron chi connectivity index (χ0n) is 16.2. The van der Waals surface area contributed by atoms with E-state index in [0.717, 1.165) is 25.2 Å². The van der Waals surface area contributed by atoms with Gasteiger partial charge in [-0.3, -0.25) is 4.79 Å². The molecule has 3 rings (SSSR count). The molecule has 1 saturated heterocycles. The van der Waals surface area contributed by atoms with Gasteiger partial charge in [0.15, 0.2) is 0 Å². The molecule has 0 saturated carbocycles. The van der Waals surface area contributed by atoms with Crippen molar-refractivity contribution in [3.8, 4) is 11.5 Å². The summed E-state index contributed by atoms with van der Waals surface area (Å²) in [7, 11) is 0. The maximum absolute atomic E-state index is 12.5. The van der Waals surface area contributed by atoms with E-state index in [1.807, 2.05) is 37.3 Å². The number of hydrogen-bond acceptors (Lipinski definition) is 5. The van der Waals surface area contributed by atoms with Crippen molar-refractivity contribution < 1.29 is 23.7 Å². The number of benzene rings is 2. The summed E-state index contributed by atoms with van der Waals surface area (Å²) in [6.07, 6.45) is 2.32. The van der Waals surface area contributed by atoms with Crippen LogP contribution in [0.5, 0.6) is 11.5 Å². The molecule has 1 unspecified atom stereocenters. The SMILES string of the molecule is CCOCCOc1cccc(C(=O)Nc2ccc(OCC3CCCO3)cc2)c1. The Bertz CT molecular complexity index is 741. The number of rotatable bonds is 10. The first-order chi connectivity index (χ1) is 13.7. The van der Waals surface area contributed by atoms with E-state index in [4.69, 9.17) is 18.9 Å². The molecule has 1 N–H and O–H groups in total. The van der Waals surface area contributed by atoms with Gasteiger partial charge < -0.3 is 24.3 Å². The molecule has 1 fully saturated rings.